The molecule has 282 valence electrons. The van der Waals surface area contributed by atoms with Crippen LogP contribution >= 0.6 is 0 Å². The van der Waals surface area contributed by atoms with Gasteiger partial charge in [0.1, 0.15) is 0 Å². The zero-order valence-corrected chi connectivity index (χ0v) is 33.3. The summed E-state index contributed by atoms with van der Waals surface area (Å²) >= 11 is 0. The van der Waals surface area contributed by atoms with Gasteiger partial charge < -0.3 is 9.80 Å². The summed E-state index contributed by atoms with van der Waals surface area (Å²) in [5.74, 6) is 0.426. The lowest BCUT2D eigenvalue weighted by atomic mass is 9.86. The van der Waals surface area contributed by atoms with E-state index in [9.17, 15) is 0 Å². The molecule has 0 aromatic heterocycles. The lowest BCUT2D eigenvalue weighted by Gasteiger charge is -2.31. The van der Waals surface area contributed by atoms with Crippen molar-refractivity contribution < 1.29 is 0 Å². The summed E-state index contributed by atoms with van der Waals surface area (Å²) in [6.07, 6.45) is 8.35. The van der Waals surface area contributed by atoms with Crippen LogP contribution in [0.3, 0.4) is 0 Å². The minimum absolute atomic E-state index is 0.426. The molecule has 0 bridgehead atoms. The number of benzene rings is 8. The highest BCUT2D eigenvalue weighted by molar-refractivity contribution is 5.87. The fraction of sp³-hybridized carbons (Fsp3) is 0.107. The Bertz CT molecular complexity index is 2580. The molecular formula is C56H48N2. The Labute approximate surface area is 344 Å². The topological polar surface area (TPSA) is 6.48 Å². The van der Waals surface area contributed by atoms with Crippen LogP contribution in [-0.4, -0.2) is 0 Å². The molecule has 0 aliphatic heterocycles. The van der Waals surface area contributed by atoms with Gasteiger partial charge in [0.2, 0.25) is 0 Å². The summed E-state index contributed by atoms with van der Waals surface area (Å²) in [6.45, 7) is 4.45. The van der Waals surface area contributed by atoms with E-state index in [4.69, 9.17) is 0 Å². The highest BCUT2D eigenvalue weighted by Crippen LogP contribution is 2.44. The minimum atomic E-state index is 0.426. The van der Waals surface area contributed by atoms with Gasteiger partial charge in [0, 0.05) is 40.0 Å². The van der Waals surface area contributed by atoms with E-state index in [0.717, 1.165) is 28.4 Å². The van der Waals surface area contributed by atoms with Gasteiger partial charge in [0.05, 0.1) is 0 Å². The Morgan fingerprint density at radius 3 is 1.45 bits per heavy atom. The summed E-state index contributed by atoms with van der Waals surface area (Å²) in [5.41, 5.74) is 17.9. The van der Waals surface area contributed by atoms with Gasteiger partial charge in [-0.2, -0.15) is 0 Å². The van der Waals surface area contributed by atoms with Gasteiger partial charge in [-0.3, -0.25) is 0 Å². The van der Waals surface area contributed by atoms with Crippen LogP contribution in [-0.2, 0) is 0 Å². The Hall–Kier alpha value is -6.90. The number of anilines is 6. The van der Waals surface area contributed by atoms with Crippen LogP contribution < -0.4 is 9.80 Å². The number of nitrogens with zero attached hydrogens (tertiary/aromatic N) is 2. The summed E-state index contributed by atoms with van der Waals surface area (Å²) < 4.78 is 0. The Balaban J connectivity index is 1.20. The van der Waals surface area contributed by atoms with Crippen molar-refractivity contribution in [3.05, 3.63) is 229 Å². The van der Waals surface area contributed by atoms with Gasteiger partial charge in [-0.15, -0.1) is 0 Å². The van der Waals surface area contributed by atoms with Crippen molar-refractivity contribution in [3.8, 4) is 33.4 Å². The van der Waals surface area contributed by atoms with Gasteiger partial charge in [0.15, 0.2) is 0 Å². The first-order valence-corrected chi connectivity index (χ1v) is 20.5. The largest absolute Gasteiger partial charge is 0.310 e. The summed E-state index contributed by atoms with van der Waals surface area (Å²) in [4.78, 5) is 4.85. The molecule has 2 nitrogen and oxygen atoms in total. The van der Waals surface area contributed by atoms with E-state index in [-0.39, 0.29) is 0 Å². The summed E-state index contributed by atoms with van der Waals surface area (Å²) in [7, 11) is 0. The SMILES string of the molecule is Cc1ccc(-c2ccc(N(c3cccc(N(c4cccc(-c5ccccc5)c4)c4cccc(-c5ccccc5)c4)c3)c3cccc(C4C=CCCC4)c3C)cc2)cc1. The second-order valence-electron chi connectivity index (χ2n) is 15.4. The zero-order chi connectivity index (χ0) is 39.3. The van der Waals surface area contributed by atoms with E-state index in [1.165, 1.54) is 75.0 Å². The van der Waals surface area contributed by atoms with Crippen molar-refractivity contribution in [1.82, 2.24) is 0 Å². The first-order valence-electron chi connectivity index (χ1n) is 20.5. The fourth-order valence-corrected chi connectivity index (χ4v) is 8.46. The van der Waals surface area contributed by atoms with Gasteiger partial charge in [-0.1, -0.05) is 157 Å². The summed E-state index contributed by atoms with van der Waals surface area (Å²) in [6, 6.07) is 72.9. The normalized spacial score (nSPS) is 13.6. The second-order valence-corrected chi connectivity index (χ2v) is 15.4. The number of rotatable bonds is 10. The molecule has 0 heterocycles. The van der Waals surface area contributed by atoms with Crippen molar-refractivity contribution in [1.29, 1.82) is 0 Å². The van der Waals surface area contributed by atoms with Crippen molar-refractivity contribution in [2.24, 2.45) is 0 Å². The Morgan fingerprint density at radius 2 is 0.879 bits per heavy atom. The molecule has 0 N–H and O–H groups in total. The standard InChI is InChI=1S/C56H48N2/c1-41-30-32-45(33-31-41)46-34-36-50(37-35-46)58(56-29-15-28-55(42(56)2)47-20-10-5-11-21-47)54-27-14-26-53(40-54)57(51-24-12-22-48(38-51)43-16-6-3-7-17-43)52-25-13-23-49(39-52)44-18-8-4-9-19-44/h3-4,6-10,12-20,22-40,47H,5,11,21H2,1-2H3. The molecule has 9 rings (SSSR count). The molecule has 0 saturated heterocycles. The maximum Gasteiger partial charge on any atom is 0.0493 e. The lowest BCUT2D eigenvalue weighted by molar-refractivity contribution is 0.652. The van der Waals surface area contributed by atoms with Crippen molar-refractivity contribution in [2.45, 2.75) is 39.0 Å². The molecule has 1 aliphatic carbocycles. The highest BCUT2D eigenvalue weighted by atomic mass is 15.2. The third kappa shape index (κ3) is 7.75. The molecule has 8 aromatic rings. The van der Waals surface area contributed by atoms with Crippen LogP contribution in [0.1, 0.15) is 41.9 Å². The number of hydrogen-bond donors (Lipinski definition) is 0. The van der Waals surface area contributed by atoms with Crippen molar-refractivity contribution in [2.75, 3.05) is 9.80 Å². The molecule has 0 amide bonds. The van der Waals surface area contributed by atoms with Crippen LogP contribution in [0.4, 0.5) is 34.1 Å². The minimum Gasteiger partial charge on any atom is -0.310 e. The molecular weight excluding hydrogens is 701 g/mol. The molecule has 58 heavy (non-hydrogen) atoms. The van der Waals surface area contributed by atoms with Gasteiger partial charge in [0.25, 0.3) is 0 Å². The molecule has 2 heteroatoms. The van der Waals surface area contributed by atoms with E-state index < -0.39 is 0 Å². The quantitative estimate of drug-likeness (QED) is 0.129. The Morgan fingerprint density at radius 1 is 0.397 bits per heavy atom. The Kier molecular flexibility index (Phi) is 10.6. The van der Waals surface area contributed by atoms with E-state index in [1.54, 1.807) is 0 Å². The third-order valence-corrected chi connectivity index (χ3v) is 11.5. The predicted octanol–water partition coefficient (Wildman–Crippen LogP) is 16.1. The van der Waals surface area contributed by atoms with E-state index in [0.29, 0.717) is 5.92 Å². The average molecular weight is 749 g/mol. The number of aryl methyl sites for hydroxylation is 1. The van der Waals surface area contributed by atoms with E-state index >= 15 is 0 Å². The van der Waals surface area contributed by atoms with Crippen LogP contribution in [0, 0.1) is 13.8 Å². The molecule has 1 aliphatic rings. The number of hydrogen-bond acceptors (Lipinski definition) is 2. The molecule has 0 radical (unpaired) electrons. The fourth-order valence-electron chi connectivity index (χ4n) is 8.46. The highest BCUT2D eigenvalue weighted by Gasteiger charge is 2.22. The van der Waals surface area contributed by atoms with Gasteiger partial charge in [-0.25, -0.2) is 0 Å². The monoisotopic (exact) mass is 748 g/mol. The molecule has 0 saturated carbocycles. The lowest BCUT2D eigenvalue weighted by Crippen LogP contribution is -2.15. The van der Waals surface area contributed by atoms with Crippen LogP contribution in [0.2, 0.25) is 0 Å². The second kappa shape index (κ2) is 16.7. The zero-order valence-electron chi connectivity index (χ0n) is 33.3. The maximum absolute atomic E-state index is 2.45. The third-order valence-electron chi connectivity index (χ3n) is 11.5. The number of allylic oxidation sites excluding steroid dienone is 2. The smallest absolute Gasteiger partial charge is 0.0493 e. The molecule has 1 unspecified atom stereocenters. The molecule has 1 atom stereocenters. The van der Waals surface area contributed by atoms with Crippen molar-refractivity contribution in [3.63, 3.8) is 0 Å². The van der Waals surface area contributed by atoms with Crippen molar-refractivity contribution >= 4 is 34.1 Å². The van der Waals surface area contributed by atoms with Crippen LogP contribution in [0.5, 0.6) is 0 Å². The maximum atomic E-state index is 2.45. The van der Waals surface area contributed by atoms with E-state index in [1.807, 2.05) is 0 Å². The van der Waals surface area contributed by atoms with Gasteiger partial charge >= 0.3 is 0 Å². The molecule has 0 fully saturated rings. The van der Waals surface area contributed by atoms with Crippen LogP contribution in [0.15, 0.2) is 212 Å². The average Bonchev–Trinajstić information content (AvgIpc) is 3.29. The first-order chi connectivity index (χ1) is 28.6. The predicted molar refractivity (Wildman–Crippen MR) is 247 cm³/mol. The first kappa shape index (κ1) is 36.7. The van der Waals surface area contributed by atoms with Crippen LogP contribution in [0.25, 0.3) is 33.4 Å². The van der Waals surface area contributed by atoms with Gasteiger partial charge in [-0.05, 0) is 138 Å². The molecule has 8 aromatic carbocycles. The molecule has 0 spiro atoms. The summed E-state index contributed by atoms with van der Waals surface area (Å²) in [5, 5.41) is 0. The van der Waals surface area contributed by atoms with E-state index in [2.05, 4.69) is 236 Å².